The first kappa shape index (κ1) is 36.7. The molecule has 60 heavy (non-hydrogen) atoms. The van der Waals surface area contributed by atoms with Gasteiger partial charge in [0.25, 0.3) is 0 Å². The number of hydrogen-bond acceptors (Lipinski definition) is 4. The number of nitriles is 2. The van der Waals surface area contributed by atoms with Gasteiger partial charge in [-0.15, -0.1) is 0 Å². The highest BCUT2D eigenvalue weighted by Gasteiger charge is 2.39. The molecule has 10 rings (SSSR count). The molecule has 0 amide bonds. The highest BCUT2D eigenvalue weighted by molar-refractivity contribution is 5.94. The van der Waals surface area contributed by atoms with Gasteiger partial charge in [-0.25, -0.2) is 0 Å². The standard InChI is InChI=1S/C56H42N4/c1-55(2)47-19-5-9-23-51(47)59(52-24-10-6-20-48(52)55)45-32-44(33-46(34-45)60-53-25-11-7-21-49(53)56(3,4)50-22-8-12-26-54(50)60)43-30-41(39-17-13-15-37(27-39)35-57)29-42(31-43)40-18-14-16-38(28-40)36-58/h5-34H,1-4H3. The molecule has 4 heteroatoms. The van der Waals surface area contributed by atoms with Gasteiger partial charge in [0.2, 0.25) is 0 Å². The number of anilines is 6. The Hall–Kier alpha value is -7.66. The minimum Gasteiger partial charge on any atom is -0.310 e. The summed E-state index contributed by atoms with van der Waals surface area (Å²) in [5.74, 6) is 0. The summed E-state index contributed by atoms with van der Waals surface area (Å²) in [6.07, 6.45) is 0. The van der Waals surface area contributed by atoms with Gasteiger partial charge in [0.1, 0.15) is 0 Å². The van der Waals surface area contributed by atoms with E-state index in [0.29, 0.717) is 11.1 Å². The van der Waals surface area contributed by atoms with Crippen LogP contribution in [0.5, 0.6) is 0 Å². The zero-order chi connectivity index (χ0) is 41.2. The minimum absolute atomic E-state index is 0.209. The molecule has 0 fully saturated rings. The molecule has 0 aromatic heterocycles. The summed E-state index contributed by atoms with van der Waals surface area (Å²) in [7, 11) is 0. The third kappa shape index (κ3) is 5.88. The maximum atomic E-state index is 9.89. The van der Waals surface area contributed by atoms with E-state index in [1.807, 2.05) is 36.4 Å². The van der Waals surface area contributed by atoms with Crippen molar-refractivity contribution in [2.45, 2.75) is 38.5 Å². The van der Waals surface area contributed by atoms with Crippen molar-refractivity contribution in [2.75, 3.05) is 9.80 Å². The lowest BCUT2D eigenvalue weighted by Gasteiger charge is -2.43. The van der Waals surface area contributed by atoms with E-state index in [9.17, 15) is 10.5 Å². The number of para-hydroxylation sites is 4. The van der Waals surface area contributed by atoms with Gasteiger partial charge in [-0.1, -0.05) is 125 Å². The Balaban J connectivity index is 1.28. The van der Waals surface area contributed by atoms with E-state index in [2.05, 4.69) is 195 Å². The summed E-state index contributed by atoms with van der Waals surface area (Å²) >= 11 is 0. The van der Waals surface area contributed by atoms with Crippen molar-refractivity contribution in [1.82, 2.24) is 0 Å². The second-order valence-corrected chi connectivity index (χ2v) is 16.9. The molecule has 2 aliphatic heterocycles. The lowest BCUT2D eigenvalue weighted by molar-refractivity contribution is 0.631. The van der Waals surface area contributed by atoms with Gasteiger partial charge in [0.15, 0.2) is 0 Å². The summed E-state index contributed by atoms with van der Waals surface area (Å²) in [4.78, 5) is 4.87. The van der Waals surface area contributed by atoms with Gasteiger partial charge in [0, 0.05) is 22.2 Å². The normalized spacial score (nSPS) is 14.2. The van der Waals surface area contributed by atoms with Crippen LogP contribution < -0.4 is 9.80 Å². The molecule has 286 valence electrons. The van der Waals surface area contributed by atoms with Crippen molar-refractivity contribution in [2.24, 2.45) is 0 Å². The molecule has 0 saturated carbocycles. The largest absolute Gasteiger partial charge is 0.310 e. The molecule has 0 bridgehead atoms. The van der Waals surface area contributed by atoms with Crippen molar-refractivity contribution in [1.29, 1.82) is 10.5 Å². The molecule has 0 radical (unpaired) electrons. The second kappa shape index (κ2) is 14.0. The first-order valence-corrected chi connectivity index (χ1v) is 20.5. The minimum atomic E-state index is -0.209. The maximum absolute atomic E-state index is 9.89. The van der Waals surface area contributed by atoms with Gasteiger partial charge in [-0.2, -0.15) is 10.5 Å². The van der Waals surface area contributed by atoms with Crippen molar-refractivity contribution >= 4 is 34.1 Å². The van der Waals surface area contributed by atoms with E-state index in [1.165, 1.54) is 22.3 Å². The van der Waals surface area contributed by atoms with E-state index < -0.39 is 0 Å². The van der Waals surface area contributed by atoms with Crippen LogP contribution in [0.1, 0.15) is 61.1 Å². The number of hydrogen-bond donors (Lipinski definition) is 0. The topological polar surface area (TPSA) is 54.1 Å². The summed E-state index contributed by atoms with van der Waals surface area (Å²) < 4.78 is 0. The Morgan fingerprint density at radius 3 is 1.00 bits per heavy atom. The van der Waals surface area contributed by atoms with Crippen LogP contribution in [0.15, 0.2) is 182 Å². The summed E-state index contributed by atoms with van der Waals surface area (Å²) in [5.41, 5.74) is 18.5. The molecule has 8 aromatic carbocycles. The van der Waals surface area contributed by atoms with E-state index in [1.54, 1.807) is 0 Å². The molecule has 0 atom stereocenters. The van der Waals surface area contributed by atoms with Crippen LogP contribution in [-0.2, 0) is 10.8 Å². The highest BCUT2D eigenvalue weighted by Crippen LogP contribution is 2.55. The Labute approximate surface area is 352 Å². The predicted molar refractivity (Wildman–Crippen MR) is 246 cm³/mol. The first-order valence-electron chi connectivity index (χ1n) is 20.5. The Bertz CT molecular complexity index is 2800. The average molecular weight is 771 g/mol. The van der Waals surface area contributed by atoms with Crippen LogP contribution in [0.2, 0.25) is 0 Å². The van der Waals surface area contributed by atoms with Crippen molar-refractivity contribution in [3.05, 3.63) is 215 Å². The first-order chi connectivity index (χ1) is 29.1. The van der Waals surface area contributed by atoms with Gasteiger partial charge in [-0.3, -0.25) is 0 Å². The average Bonchev–Trinajstić information content (AvgIpc) is 3.29. The number of fused-ring (bicyclic) bond motifs is 4. The molecule has 4 nitrogen and oxygen atoms in total. The van der Waals surface area contributed by atoms with Crippen LogP contribution in [0.25, 0.3) is 33.4 Å². The van der Waals surface area contributed by atoms with E-state index in [-0.39, 0.29) is 10.8 Å². The van der Waals surface area contributed by atoms with Gasteiger partial charge in [0.05, 0.1) is 46.0 Å². The quantitative estimate of drug-likeness (QED) is 0.175. The third-order valence-corrected chi connectivity index (χ3v) is 12.6. The lowest BCUT2D eigenvalue weighted by Crippen LogP contribution is -2.31. The lowest BCUT2D eigenvalue weighted by atomic mass is 9.73. The van der Waals surface area contributed by atoms with E-state index in [0.717, 1.165) is 67.5 Å². The maximum Gasteiger partial charge on any atom is 0.0991 e. The molecular weight excluding hydrogens is 729 g/mol. The molecule has 0 aliphatic carbocycles. The molecule has 8 aromatic rings. The smallest absolute Gasteiger partial charge is 0.0991 e. The van der Waals surface area contributed by atoms with Crippen LogP contribution in [-0.4, -0.2) is 0 Å². The summed E-state index contributed by atoms with van der Waals surface area (Å²) in [6, 6.07) is 69.0. The molecular formula is C56H42N4. The zero-order valence-corrected chi connectivity index (χ0v) is 34.1. The van der Waals surface area contributed by atoms with Crippen LogP contribution in [0.4, 0.5) is 34.1 Å². The third-order valence-electron chi connectivity index (χ3n) is 12.6. The van der Waals surface area contributed by atoms with Crippen molar-refractivity contribution in [3.63, 3.8) is 0 Å². The van der Waals surface area contributed by atoms with Crippen LogP contribution in [0, 0.1) is 22.7 Å². The van der Waals surface area contributed by atoms with Gasteiger partial charge in [-0.05, 0) is 141 Å². The zero-order valence-electron chi connectivity index (χ0n) is 34.1. The van der Waals surface area contributed by atoms with Crippen LogP contribution >= 0.6 is 0 Å². The Morgan fingerprint density at radius 2 is 0.650 bits per heavy atom. The second-order valence-electron chi connectivity index (χ2n) is 16.9. The summed E-state index contributed by atoms with van der Waals surface area (Å²) in [6.45, 7) is 9.29. The fraction of sp³-hybridized carbons (Fsp3) is 0.107. The van der Waals surface area contributed by atoms with Crippen LogP contribution in [0.3, 0.4) is 0 Å². The van der Waals surface area contributed by atoms with Crippen molar-refractivity contribution < 1.29 is 0 Å². The van der Waals surface area contributed by atoms with Gasteiger partial charge < -0.3 is 9.80 Å². The Morgan fingerprint density at radius 1 is 0.333 bits per heavy atom. The molecule has 0 saturated heterocycles. The van der Waals surface area contributed by atoms with E-state index >= 15 is 0 Å². The Kier molecular flexibility index (Phi) is 8.57. The fourth-order valence-corrected chi connectivity index (χ4v) is 9.58. The molecule has 0 unspecified atom stereocenters. The number of benzene rings is 8. The molecule has 0 N–H and O–H groups in total. The molecule has 0 spiro atoms. The van der Waals surface area contributed by atoms with Crippen molar-refractivity contribution in [3.8, 4) is 45.5 Å². The fourth-order valence-electron chi connectivity index (χ4n) is 9.58. The highest BCUT2D eigenvalue weighted by atomic mass is 15.2. The number of rotatable bonds is 5. The predicted octanol–water partition coefficient (Wildman–Crippen LogP) is 14.6. The molecule has 2 heterocycles. The SMILES string of the molecule is CC1(C)c2ccccc2N(c2cc(-c3cc(-c4cccc(C#N)c4)cc(-c4cccc(C#N)c4)c3)cc(N3c4ccccc4C(C)(C)c4ccccc43)c2)c2ccccc21. The van der Waals surface area contributed by atoms with E-state index in [4.69, 9.17) is 0 Å². The molecule has 2 aliphatic rings. The monoisotopic (exact) mass is 770 g/mol. The number of nitrogens with zero attached hydrogens (tertiary/aromatic N) is 4. The summed E-state index contributed by atoms with van der Waals surface area (Å²) in [5, 5.41) is 19.8. The van der Waals surface area contributed by atoms with Gasteiger partial charge >= 0.3 is 0 Å².